The van der Waals surface area contributed by atoms with Crippen LogP contribution in [0, 0.1) is 11.2 Å². The van der Waals surface area contributed by atoms with Gasteiger partial charge in [-0.25, -0.2) is 4.39 Å². The van der Waals surface area contributed by atoms with Gasteiger partial charge in [0, 0.05) is 7.11 Å². The summed E-state index contributed by atoms with van der Waals surface area (Å²) in [4.78, 5) is 12.5. The number of hydrogen-bond acceptors (Lipinski definition) is 3. The van der Waals surface area contributed by atoms with Crippen LogP contribution in [-0.2, 0) is 9.53 Å². The van der Waals surface area contributed by atoms with Crippen LogP contribution in [0.1, 0.15) is 12.8 Å². The first-order valence-corrected chi connectivity index (χ1v) is 6.91. The molecule has 0 bridgehead atoms. The van der Waals surface area contributed by atoms with Crippen molar-refractivity contribution in [3.05, 3.63) is 29.0 Å². The maximum Gasteiger partial charge on any atom is 0.233 e. The van der Waals surface area contributed by atoms with Crippen molar-refractivity contribution in [3.8, 4) is 0 Å². The second-order valence-electron chi connectivity index (χ2n) is 5.04. The molecule has 0 aliphatic carbocycles. The van der Waals surface area contributed by atoms with Crippen LogP contribution in [0.15, 0.2) is 18.2 Å². The van der Waals surface area contributed by atoms with Gasteiger partial charge < -0.3 is 15.4 Å². The van der Waals surface area contributed by atoms with E-state index in [4.69, 9.17) is 16.3 Å². The number of carbonyl (C=O) groups is 1. The van der Waals surface area contributed by atoms with E-state index < -0.39 is 11.2 Å². The molecule has 110 valence electrons. The number of benzene rings is 1. The number of amides is 1. The molecule has 20 heavy (non-hydrogen) atoms. The fraction of sp³-hybridized carbons (Fsp3) is 0.500. The number of nitrogens with one attached hydrogen (secondary N) is 2. The molecule has 4 nitrogen and oxygen atoms in total. The number of piperidine rings is 1. The Kier molecular flexibility index (Phi) is 4.96. The van der Waals surface area contributed by atoms with Crippen molar-refractivity contribution in [1.29, 1.82) is 0 Å². The number of methoxy groups -OCH3 is 1. The van der Waals surface area contributed by atoms with Crippen molar-refractivity contribution in [1.82, 2.24) is 5.32 Å². The molecule has 0 spiro atoms. The summed E-state index contributed by atoms with van der Waals surface area (Å²) in [6.45, 7) is 1.86. The van der Waals surface area contributed by atoms with Gasteiger partial charge in [-0.05, 0) is 44.1 Å². The molecule has 1 aromatic rings. The average Bonchev–Trinajstić information content (AvgIpc) is 2.44. The Morgan fingerprint density at radius 3 is 2.85 bits per heavy atom. The van der Waals surface area contributed by atoms with Crippen LogP contribution in [-0.4, -0.2) is 32.7 Å². The maximum absolute atomic E-state index is 13.2. The van der Waals surface area contributed by atoms with Crippen molar-refractivity contribution in [2.24, 2.45) is 5.41 Å². The lowest BCUT2D eigenvalue weighted by molar-refractivity contribution is -0.130. The molecule has 0 aromatic heterocycles. The highest BCUT2D eigenvalue weighted by molar-refractivity contribution is 6.33. The lowest BCUT2D eigenvalue weighted by atomic mass is 9.78. The zero-order valence-electron chi connectivity index (χ0n) is 11.3. The molecule has 2 rings (SSSR count). The maximum atomic E-state index is 13.2. The molecule has 6 heteroatoms. The average molecular weight is 301 g/mol. The Balaban J connectivity index is 2.18. The summed E-state index contributed by atoms with van der Waals surface area (Å²) >= 11 is 5.98. The van der Waals surface area contributed by atoms with E-state index in [1.807, 2.05) is 0 Å². The Bertz CT molecular complexity index is 485. The van der Waals surface area contributed by atoms with E-state index >= 15 is 0 Å². The monoisotopic (exact) mass is 300 g/mol. The van der Waals surface area contributed by atoms with Crippen molar-refractivity contribution in [2.45, 2.75) is 12.8 Å². The quantitative estimate of drug-likeness (QED) is 0.898. The Labute approximate surface area is 122 Å². The second kappa shape index (κ2) is 6.52. The highest BCUT2D eigenvalue weighted by Crippen LogP contribution is 2.32. The Hall–Kier alpha value is -1.17. The fourth-order valence-corrected chi connectivity index (χ4v) is 2.63. The minimum Gasteiger partial charge on any atom is -0.384 e. The molecule has 1 saturated heterocycles. The molecule has 0 unspecified atom stereocenters. The summed E-state index contributed by atoms with van der Waals surface area (Å²) in [5.41, 5.74) is -0.291. The lowest BCUT2D eigenvalue weighted by Crippen LogP contribution is -2.47. The molecule has 0 radical (unpaired) electrons. The third-order valence-corrected chi connectivity index (χ3v) is 3.97. The first-order chi connectivity index (χ1) is 9.57. The summed E-state index contributed by atoms with van der Waals surface area (Å²) in [5, 5.41) is 6.26. The molecule has 2 N–H and O–H groups in total. The highest BCUT2D eigenvalue weighted by atomic mass is 35.5. The van der Waals surface area contributed by atoms with E-state index in [-0.39, 0.29) is 5.91 Å². The van der Waals surface area contributed by atoms with Crippen molar-refractivity contribution >= 4 is 23.2 Å². The molecule has 1 aromatic carbocycles. The Morgan fingerprint density at radius 1 is 1.50 bits per heavy atom. The normalized spacial score (nSPS) is 17.8. The number of halogens is 2. The van der Waals surface area contributed by atoms with Crippen LogP contribution in [0.5, 0.6) is 0 Å². The van der Waals surface area contributed by atoms with E-state index in [1.54, 1.807) is 7.11 Å². The van der Waals surface area contributed by atoms with Crippen LogP contribution >= 0.6 is 11.6 Å². The van der Waals surface area contributed by atoms with Gasteiger partial charge in [0.05, 0.1) is 22.7 Å². The van der Waals surface area contributed by atoms with Gasteiger partial charge in [-0.1, -0.05) is 11.6 Å². The van der Waals surface area contributed by atoms with Crippen LogP contribution in [0.3, 0.4) is 0 Å². The zero-order valence-corrected chi connectivity index (χ0v) is 12.1. The lowest BCUT2D eigenvalue weighted by Gasteiger charge is -2.35. The van der Waals surface area contributed by atoms with Gasteiger partial charge >= 0.3 is 0 Å². The number of ether oxygens (including phenoxy) is 1. The summed E-state index contributed by atoms with van der Waals surface area (Å²) in [6, 6.07) is 3.91. The summed E-state index contributed by atoms with van der Waals surface area (Å²) in [7, 11) is 1.58. The Morgan fingerprint density at radius 2 is 2.20 bits per heavy atom. The first kappa shape index (κ1) is 15.2. The standard InChI is InChI=1S/C14H18ClFN2O2/c1-20-9-14(4-6-17-7-5-14)13(19)18-12-8-10(16)2-3-11(12)15/h2-3,8,17H,4-7,9H2,1H3,(H,18,19). The predicted octanol–water partition coefficient (Wildman–Crippen LogP) is 2.43. The van der Waals surface area contributed by atoms with Gasteiger partial charge in [0.15, 0.2) is 0 Å². The van der Waals surface area contributed by atoms with Crippen LogP contribution < -0.4 is 10.6 Å². The highest BCUT2D eigenvalue weighted by Gasteiger charge is 2.39. The van der Waals surface area contributed by atoms with Gasteiger partial charge in [0.2, 0.25) is 5.91 Å². The molecule has 1 amide bonds. The second-order valence-corrected chi connectivity index (χ2v) is 5.45. The number of hydrogen-bond donors (Lipinski definition) is 2. The van der Waals surface area contributed by atoms with Gasteiger partial charge in [-0.3, -0.25) is 4.79 Å². The smallest absolute Gasteiger partial charge is 0.233 e. The SMILES string of the molecule is COCC1(C(=O)Nc2cc(F)ccc2Cl)CCNCC1. The van der Waals surface area contributed by atoms with Crippen LogP contribution in [0.25, 0.3) is 0 Å². The number of carbonyl (C=O) groups excluding carboxylic acids is 1. The van der Waals surface area contributed by atoms with Gasteiger partial charge in [-0.15, -0.1) is 0 Å². The molecule has 1 aliphatic heterocycles. The third-order valence-electron chi connectivity index (χ3n) is 3.64. The number of rotatable bonds is 4. The van der Waals surface area contributed by atoms with Crippen molar-refractivity contribution in [2.75, 3.05) is 32.1 Å². The topological polar surface area (TPSA) is 50.4 Å². The molecule has 1 fully saturated rings. The molecule has 0 saturated carbocycles. The van der Waals surface area contributed by atoms with E-state index in [0.29, 0.717) is 30.2 Å². The summed E-state index contributed by atoms with van der Waals surface area (Å²) in [5.74, 6) is -0.607. The van der Waals surface area contributed by atoms with Crippen LogP contribution in [0.4, 0.5) is 10.1 Å². The molecular formula is C14H18ClFN2O2. The molecule has 1 aliphatic rings. The fourth-order valence-electron chi connectivity index (χ4n) is 2.47. The van der Waals surface area contributed by atoms with E-state index in [2.05, 4.69) is 10.6 Å². The van der Waals surface area contributed by atoms with Gasteiger partial charge in [-0.2, -0.15) is 0 Å². The summed E-state index contributed by atoms with van der Waals surface area (Å²) in [6.07, 6.45) is 1.36. The minimum atomic E-state index is -0.588. The molecular weight excluding hydrogens is 283 g/mol. The van der Waals surface area contributed by atoms with E-state index in [9.17, 15) is 9.18 Å². The zero-order chi connectivity index (χ0) is 14.6. The molecule has 0 atom stereocenters. The largest absolute Gasteiger partial charge is 0.384 e. The minimum absolute atomic E-state index is 0.173. The van der Waals surface area contributed by atoms with Crippen molar-refractivity contribution < 1.29 is 13.9 Å². The molecule has 1 heterocycles. The van der Waals surface area contributed by atoms with Crippen LogP contribution in [0.2, 0.25) is 5.02 Å². The predicted molar refractivity (Wildman–Crippen MR) is 76.5 cm³/mol. The van der Waals surface area contributed by atoms with Gasteiger partial charge in [0.1, 0.15) is 5.82 Å². The third kappa shape index (κ3) is 3.29. The van der Waals surface area contributed by atoms with E-state index in [1.165, 1.54) is 18.2 Å². The first-order valence-electron chi connectivity index (χ1n) is 6.53. The van der Waals surface area contributed by atoms with Crippen molar-refractivity contribution in [3.63, 3.8) is 0 Å². The summed E-state index contributed by atoms with van der Waals surface area (Å²) < 4.78 is 18.4. The van der Waals surface area contributed by atoms with E-state index in [0.717, 1.165) is 13.1 Å². The van der Waals surface area contributed by atoms with Gasteiger partial charge in [0.25, 0.3) is 0 Å². The number of anilines is 1.